The van der Waals surface area contributed by atoms with Crippen LogP contribution in [0.2, 0.25) is 0 Å². The van der Waals surface area contributed by atoms with Crippen LogP contribution >= 0.6 is 0 Å². The van der Waals surface area contributed by atoms with Gasteiger partial charge in [0.05, 0.1) is 28.1 Å². The van der Waals surface area contributed by atoms with Crippen LogP contribution < -0.4 is 0 Å². The predicted molar refractivity (Wildman–Crippen MR) is 229 cm³/mol. The van der Waals surface area contributed by atoms with E-state index >= 15 is 0 Å². The van der Waals surface area contributed by atoms with Crippen molar-refractivity contribution in [2.45, 2.75) is 0 Å². The third-order valence-corrected chi connectivity index (χ3v) is 10.4. The fourth-order valence-corrected chi connectivity index (χ4v) is 7.79. The highest BCUT2D eigenvalue weighted by molar-refractivity contribution is 6.12. The Morgan fingerprint density at radius 2 is 0.745 bits per heavy atom. The van der Waals surface area contributed by atoms with E-state index in [1.165, 1.54) is 21.9 Å². The quantitative estimate of drug-likeness (QED) is 0.166. The molecule has 258 valence electrons. The highest BCUT2D eigenvalue weighted by Crippen LogP contribution is 2.44. The number of aromatic nitrogens is 3. The molecule has 0 atom stereocenters. The van der Waals surface area contributed by atoms with Gasteiger partial charge in [0.15, 0.2) is 5.82 Å². The molecule has 0 fully saturated rings. The maximum Gasteiger partial charge on any atom is 0.160 e. The topological polar surface area (TPSA) is 30.7 Å². The first-order valence-electron chi connectivity index (χ1n) is 18.7. The second-order valence-corrected chi connectivity index (χ2v) is 13.8. The van der Waals surface area contributed by atoms with Gasteiger partial charge in [-0.2, -0.15) is 0 Å². The molecule has 0 amide bonds. The van der Waals surface area contributed by atoms with Crippen LogP contribution in [0.1, 0.15) is 0 Å². The van der Waals surface area contributed by atoms with Crippen LogP contribution in [-0.4, -0.2) is 14.5 Å². The summed E-state index contributed by atoms with van der Waals surface area (Å²) < 4.78 is 2.47. The van der Waals surface area contributed by atoms with Crippen molar-refractivity contribution < 1.29 is 0 Å². The Kier molecular flexibility index (Phi) is 8.16. The third kappa shape index (κ3) is 5.98. The molecular weight excluding hydrogens is 667 g/mol. The summed E-state index contributed by atoms with van der Waals surface area (Å²) in [7, 11) is 0. The van der Waals surface area contributed by atoms with Crippen LogP contribution in [0.3, 0.4) is 0 Å². The van der Waals surface area contributed by atoms with Gasteiger partial charge < -0.3 is 4.57 Å². The van der Waals surface area contributed by atoms with Crippen molar-refractivity contribution in [1.82, 2.24) is 14.5 Å². The van der Waals surface area contributed by atoms with Crippen LogP contribution in [0.5, 0.6) is 0 Å². The Morgan fingerprint density at radius 1 is 0.291 bits per heavy atom. The molecule has 0 radical (unpaired) electrons. The normalized spacial score (nSPS) is 11.3. The molecule has 0 aliphatic rings. The molecule has 55 heavy (non-hydrogen) atoms. The lowest BCUT2D eigenvalue weighted by Crippen LogP contribution is -2.02. The number of fused-ring (bicyclic) bond motifs is 3. The number of hydrogen-bond donors (Lipinski definition) is 0. The summed E-state index contributed by atoms with van der Waals surface area (Å²) in [6.07, 6.45) is 0. The number of para-hydroxylation sites is 1. The van der Waals surface area contributed by atoms with E-state index in [0.717, 1.165) is 67.1 Å². The first-order chi connectivity index (χ1) is 27.3. The molecule has 0 unspecified atom stereocenters. The van der Waals surface area contributed by atoms with Gasteiger partial charge in [0.1, 0.15) is 0 Å². The van der Waals surface area contributed by atoms with Gasteiger partial charge >= 0.3 is 0 Å². The summed E-state index contributed by atoms with van der Waals surface area (Å²) >= 11 is 0. The average Bonchev–Trinajstić information content (AvgIpc) is 3.60. The SMILES string of the molecule is c1ccc(-c2ccc3c(c2)c2ccccc2n3-c2c(-c3ccccc3)cc(-c3cc(-c4ccccc4)nc(-c4ccccc4)n3)cc2-c2ccccc2)cc1. The van der Waals surface area contributed by atoms with Crippen molar-refractivity contribution in [2.75, 3.05) is 0 Å². The lowest BCUT2D eigenvalue weighted by Gasteiger charge is -2.21. The fourth-order valence-electron chi connectivity index (χ4n) is 7.79. The van der Waals surface area contributed by atoms with E-state index in [1.807, 2.05) is 24.3 Å². The van der Waals surface area contributed by atoms with E-state index in [4.69, 9.17) is 9.97 Å². The fraction of sp³-hybridized carbons (Fsp3) is 0. The van der Waals surface area contributed by atoms with E-state index in [-0.39, 0.29) is 0 Å². The summed E-state index contributed by atoms with van der Waals surface area (Å²) in [6.45, 7) is 0. The Hall–Kier alpha value is -7.36. The summed E-state index contributed by atoms with van der Waals surface area (Å²) in [6, 6.07) is 75.2. The molecule has 0 N–H and O–H groups in total. The van der Waals surface area contributed by atoms with Crippen molar-refractivity contribution >= 4 is 21.8 Å². The van der Waals surface area contributed by atoms with Gasteiger partial charge in [-0.3, -0.25) is 0 Å². The molecule has 8 aromatic carbocycles. The van der Waals surface area contributed by atoms with Gasteiger partial charge in [0, 0.05) is 38.6 Å². The van der Waals surface area contributed by atoms with E-state index in [2.05, 4.69) is 193 Å². The van der Waals surface area contributed by atoms with Crippen molar-refractivity contribution in [3.05, 3.63) is 212 Å². The highest BCUT2D eigenvalue weighted by atomic mass is 15.0. The molecule has 0 saturated heterocycles. The minimum atomic E-state index is 0.695. The summed E-state index contributed by atoms with van der Waals surface area (Å²) in [4.78, 5) is 10.4. The molecule has 0 aliphatic heterocycles. The Bertz CT molecular complexity index is 2820. The smallest absolute Gasteiger partial charge is 0.160 e. The van der Waals surface area contributed by atoms with Crippen molar-refractivity contribution in [3.63, 3.8) is 0 Å². The highest BCUT2D eigenvalue weighted by Gasteiger charge is 2.23. The van der Waals surface area contributed by atoms with Crippen LogP contribution in [0.25, 0.3) is 94.8 Å². The van der Waals surface area contributed by atoms with Gasteiger partial charge in [-0.05, 0) is 58.7 Å². The zero-order valence-corrected chi connectivity index (χ0v) is 30.0. The van der Waals surface area contributed by atoms with E-state index in [0.29, 0.717) is 5.82 Å². The Morgan fingerprint density at radius 3 is 1.33 bits per heavy atom. The molecule has 3 nitrogen and oxygen atoms in total. The first kappa shape index (κ1) is 32.3. The molecular formula is C52H35N3. The molecule has 10 rings (SSSR count). The van der Waals surface area contributed by atoms with Crippen LogP contribution in [-0.2, 0) is 0 Å². The van der Waals surface area contributed by atoms with Crippen molar-refractivity contribution in [1.29, 1.82) is 0 Å². The maximum absolute atomic E-state index is 5.28. The monoisotopic (exact) mass is 701 g/mol. The molecule has 3 heteroatoms. The van der Waals surface area contributed by atoms with E-state index < -0.39 is 0 Å². The molecule has 2 aromatic heterocycles. The van der Waals surface area contributed by atoms with E-state index in [1.54, 1.807) is 0 Å². The number of hydrogen-bond acceptors (Lipinski definition) is 2. The van der Waals surface area contributed by atoms with Gasteiger partial charge in [0.2, 0.25) is 0 Å². The summed E-state index contributed by atoms with van der Waals surface area (Å²) in [5, 5.41) is 2.43. The molecule has 0 spiro atoms. The minimum Gasteiger partial charge on any atom is -0.308 e. The van der Waals surface area contributed by atoms with Crippen LogP contribution in [0.15, 0.2) is 212 Å². The van der Waals surface area contributed by atoms with Crippen molar-refractivity contribution in [2.24, 2.45) is 0 Å². The second-order valence-electron chi connectivity index (χ2n) is 13.8. The minimum absolute atomic E-state index is 0.695. The molecule has 10 aromatic rings. The Balaban J connectivity index is 1.30. The summed E-state index contributed by atoms with van der Waals surface area (Å²) in [5.74, 6) is 0.695. The molecule has 0 aliphatic carbocycles. The molecule has 0 saturated carbocycles. The zero-order chi connectivity index (χ0) is 36.6. The lowest BCUT2D eigenvalue weighted by molar-refractivity contribution is 1.17. The average molecular weight is 702 g/mol. The van der Waals surface area contributed by atoms with Crippen molar-refractivity contribution in [3.8, 4) is 73.0 Å². The summed E-state index contributed by atoms with van der Waals surface area (Å²) in [5.41, 5.74) is 15.1. The van der Waals surface area contributed by atoms with Crippen LogP contribution in [0.4, 0.5) is 0 Å². The maximum atomic E-state index is 5.28. The molecule has 2 heterocycles. The molecule has 0 bridgehead atoms. The number of nitrogens with zero attached hydrogens (tertiary/aromatic N) is 3. The van der Waals surface area contributed by atoms with Gasteiger partial charge in [-0.15, -0.1) is 0 Å². The predicted octanol–water partition coefficient (Wildman–Crippen LogP) is 13.6. The van der Waals surface area contributed by atoms with Gasteiger partial charge in [0.25, 0.3) is 0 Å². The van der Waals surface area contributed by atoms with Crippen LogP contribution in [0, 0.1) is 0 Å². The first-order valence-corrected chi connectivity index (χ1v) is 18.7. The zero-order valence-electron chi connectivity index (χ0n) is 30.0. The third-order valence-electron chi connectivity index (χ3n) is 10.4. The Labute approximate surface area is 320 Å². The second kappa shape index (κ2) is 13.9. The van der Waals surface area contributed by atoms with Gasteiger partial charge in [-0.1, -0.05) is 176 Å². The lowest BCUT2D eigenvalue weighted by atomic mass is 9.91. The van der Waals surface area contributed by atoms with E-state index in [9.17, 15) is 0 Å². The standard InChI is InChI=1S/C52H35N3/c1-6-18-36(19-7-1)41-30-31-50-46(32-41)43-28-16-17-29-49(43)55(50)51-44(37-20-8-2-9-21-37)33-42(34-45(51)38-22-10-3-11-23-38)48-35-47(39-24-12-4-13-25-39)53-52(54-48)40-26-14-5-15-27-40/h1-35H. The van der Waals surface area contributed by atoms with Gasteiger partial charge in [-0.25, -0.2) is 9.97 Å². The number of benzene rings is 8. The number of rotatable bonds is 7. The largest absolute Gasteiger partial charge is 0.308 e.